The van der Waals surface area contributed by atoms with Crippen molar-refractivity contribution in [3.63, 3.8) is 0 Å². The van der Waals surface area contributed by atoms with E-state index in [0.717, 1.165) is 0 Å². The monoisotopic (exact) mass is 222 g/mol. The fourth-order valence-electron chi connectivity index (χ4n) is 1.47. The number of nitrogens with one attached hydrogen (secondary N) is 1. The molecular weight excluding hydrogens is 204 g/mol. The number of hydrogen-bond acceptors (Lipinski definition) is 3. The number of anilines is 1. The molecule has 1 atom stereocenters. The number of amides is 1. The molecule has 0 saturated heterocycles. The maximum Gasteiger partial charge on any atom is 0.228 e. The van der Waals surface area contributed by atoms with Gasteiger partial charge in [0.05, 0.1) is 12.5 Å². The van der Waals surface area contributed by atoms with Crippen molar-refractivity contribution in [2.75, 3.05) is 11.9 Å². The topological polar surface area (TPSA) is 75.4 Å². The Labute approximate surface area is 95.5 Å². The molecule has 0 bridgehead atoms. The van der Waals surface area contributed by atoms with E-state index in [-0.39, 0.29) is 18.4 Å². The predicted molar refractivity (Wildman–Crippen MR) is 63.8 cm³/mol. The molecule has 0 aliphatic heterocycles. The van der Waals surface area contributed by atoms with Gasteiger partial charge in [-0.2, -0.15) is 0 Å². The van der Waals surface area contributed by atoms with Gasteiger partial charge in [0.25, 0.3) is 0 Å². The normalized spacial score (nSPS) is 12.2. The molecule has 1 unspecified atom stereocenters. The molecule has 1 amide bonds. The van der Waals surface area contributed by atoms with Crippen molar-refractivity contribution >= 4 is 11.6 Å². The molecule has 0 aliphatic rings. The van der Waals surface area contributed by atoms with E-state index in [9.17, 15) is 4.79 Å². The van der Waals surface area contributed by atoms with Gasteiger partial charge in [-0.3, -0.25) is 4.79 Å². The van der Waals surface area contributed by atoms with E-state index in [1.54, 1.807) is 12.1 Å². The second-order valence-corrected chi connectivity index (χ2v) is 3.65. The molecular formula is C12H18N2O2. The van der Waals surface area contributed by atoms with Crippen molar-refractivity contribution in [3.05, 3.63) is 29.8 Å². The number of hydrogen-bond donors (Lipinski definition) is 3. The summed E-state index contributed by atoms with van der Waals surface area (Å²) >= 11 is 0. The fraction of sp³-hybridized carbons (Fsp3) is 0.417. The minimum Gasteiger partial charge on any atom is -0.392 e. The van der Waals surface area contributed by atoms with E-state index in [0.29, 0.717) is 24.2 Å². The summed E-state index contributed by atoms with van der Waals surface area (Å²) in [5.74, 6) is -0.266. The molecule has 0 radical (unpaired) electrons. The van der Waals surface area contributed by atoms with Crippen LogP contribution in [-0.2, 0) is 11.4 Å². The number of rotatable bonds is 5. The van der Waals surface area contributed by atoms with Crippen LogP contribution in [0.25, 0.3) is 0 Å². The van der Waals surface area contributed by atoms with Crippen LogP contribution in [0.3, 0.4) is 0 Å². The zero-order valence-electron chi connectivity index (χ0n) is 9.44. The molecule has 4 N–H and O–H groups in total. The minimum absolute atomic E-state index is 0.0874. The summed E-state index contributed by atoms with van der Waals surface area (Å²) in [6.07, 6.45) is 0.712. The molecule has 1 aromatic carbocycles. The lowest BCUT2D eigenvalue weighted by Crippen LogP contribution is -2.29. The van der Waals surface area contributed by atoms with Crippen LogP contribution in [0, 0.1) is 5.92 Å². The molecule has 0 fully saturated rings. The third kappa shape index (κ3) is 3.05. The Morgan fingerprint density at radius 3 is 2.75 bits per heavy atom. The minimum atomic E-state index is -0.174. The van der Waals surface area contributed by atoms with Gasteiger partial charge in [-0.05, 0) is 12.5 Å². The summed E-state index contributed by atoms with van der Waals surface area (Å²) in [7, 11) is 0. The number of benzene rings is 1. The first-order chi connectivity index (χ1) is 7.72. The van der Waals surface area contributed by atoms with Crippen LogP contribution < -0.4 is 11.1 Å². The van der Waals surface area contributed by atoms with Crippen LogP contribution in [0.2, 0.25) is 0 Å². The number of aliphatic hydroxyl groups excluding tert-OH is 1. The highest BCUT2D eigenvalue weighted by Crippen LogP contribution is 2.16. The van der Waals surface area contributed by atoms with Crippen molar-refractivity contribution in [2.24, 2.45) is 11.7 Å². The number of carbonyl (C=O) groups excluding carboxylic acids is 1. The number of para-hydroxylation sites is 1. The standard InChI is InChI=1S/C12H18N2O2/c1-2-9(7-13)12(16)14-11-6-4-3-5-10(11)8-15/h3-6,9,15H,2,7-8,13H2,1H3,(H,14,16). The van der Waals surface area contributed by atoms with Gasteiger partial charge in [0, 0.05) is 17.8 Å². The molecule has 16 heavy (non-hydrogen) atoms. The fourth-order valence-corrected chi connectivity index (χ4v) is 1.47. The second-order valence-electron chi connectivity index (χ2n) is 3.65. The Bertz CT molecular complexity index is 349. The predicted octanol–water partition coefficient (Wildman–Crippen LogP) is 1.10. The van der Waals surface area contributed by atoms with Gasteiger partial charge >= 0.3 is 0 Å². The average molecular weight is 222 g/mol. The lowest BCUT2D eigenvalue weighted by molar-refractivity contribution is -0.119. The Morgan fingerprint density at radius 1 is 1.50 bits per heavy atom. The highest BCUT2D eigenvalue weighted by atomic mass is 16.3. The molecule has 1 rings (SSSR count). The van der Waals surface area contributed by atoms with Crippen LogP contribution in [0.1, 0.15) is 18.9 Å². The van der Waals surface area contributed by atoms with Crippen LogP contribution in [0.15, 0.2) is 24.3 Å². The van der Waals surface area contributed by atoms with Gasteiger partial charge in [-0.15, -0.1) is 0 Å². The molecule has 0 aliphatic carbocycles. The van der Waals surface area contributed by atoms with Crippen molar-refractivity contribution in [1.82, 2.24) is 0 Å². The molecule has 0 heterocycles. The third-order valence-electron chi connectivity index (χ3n) is 2.59. The van der Waals surface area contributed by atoms with Crippen LogP contribution in [0.4, 0.5) is 5.69 Å². The number of carbonyl (C=O) groups is 1. The van der Waals surface area contributed by atoms with Crippen LogP contribution in [-0.4, -0.2) is 17.6 Å². The van der Waals surface area contributed by atoms with Gasteiger partial charge in [-0.1, -0.05) is 25.1 Å². The lowest BCUT2D eigenvalue weighted by atomic mass is 10.1. The maximum atomic E-state index is 11.8. The van der Waals surface area contributed by atoms with E-state index in [2.05, 4.69) is 5.32 Å². The SMILES string of the molecule is CCC(CN)C(=O)Nc1ccccc1CO. The second kappa shape index (κ2) is 6.25. The highest BCUT2D eigenvalue weighted by molar-refractivity contribution is 5.93. The zero-order chi connectivity index (χ0) is 12.0. The summed E-state index contributed by atoms with van der Waals surface area (Å²) in [6, 6.07) is 7.19. The first-order valence-corrected chi connectivity index (χ1v) is 5.42. The van der Waals surface area contributed by atoms with Gasteiger partial charge in [-0.25, -0.2) is 0 Å². The molecule has 0 aromatic heterocycles. The van der Waals surface area contributed by atoms with E-state index < -0.39 is 0 Å². The quantitative estimate of drug-likeness (QED) is 0.698. The van der Waals surface area contributed by atoms with Crippen molar-refractivity contribution in [2.45, 2.75) is 20.0 Å². The third-order valence-corrected chi connectivity index (χ3v) is 2.59. The summed E-state index contributed by atoms with van der Waals surface area (Å²) < 4.78 is 0. The summed E-state index contributed by atoms with van der Waals surface area (Å²) in [6.45, 7) is 2.18. The molecule has 1 aromatic rings. The van der Waals surface area contributed by atoms with Crippen molar-refractivity contribution < 1.29 is 9.90 Å². The largest absolute Gasteiger partial charge is 0.392 e. The number of aliphatic hydroxyl groups is 1. The smallest absolute Gasteiger partial charge is 0.228 e. The Hall–Kier alpha value is -1.39. The summed E-state index contributed by atoms with van der Waals surface area (Å²) in [5.41, 5.74) is 6.86. The molecule has 0 saturated carbocycles. The summed E-state index contributed by atoms with van der Waals surface area (Å²) in [5, 5.41) is 11.9. The van der Waals surface area contributed by atoms with Gasteiger partial charge in [0.2, 0.25) is 5.91 Å². The molecule has 0 spiro atoms. The Kier molecular flexibility index (Phi) is 4.95. The van der Waals surface area contributed by atoms with E-state index in [1.165, 1.54) is 0 Å². The summed E-state index contributed by atoms with van der Waals surface area (Å²) in [4.78, 5) is 11.8. The average Bonchev–Trinajstić information content (AvgIpc) is 2.31. The molecule has 4 nitrogen and oxygen atoms in total. The van der Waals surface area contributed by atoms with Gasteiger partial charge < -0.3 is 16.2 Å². The van der Waals surface area contributed by atoms with E-state index in [1.807, 2.05) is 19.1 Å². The molecule has 88 valence electrons. The maximum absolute atomic E-state index is 11.8. The Balaban J connectivity index is 2.76. The van der Waals surface area contributed by atoms with E-state index >= 15 is 0 Å². The lowest BCUT2D eigenvalue weighted by Gasteiger charge is -2.14. The van der Waals surface area contributed by atoms with E-state index in [4.69, 9.17) is 10.8 Å². The Morgan fingerprint density at radius 2 is 2.19 bits per heavy atom. The van der Waals surface area contributed by atoms with Crippen molar-refractivity contribution in [1.29, 1.82) is 0 Å². The van der Waals surface area contributed by atoms with Gasteiger partial charge in [0.15, 0.2) is 0 Å². The van der Waals surface area contributed by atoms with Crippen LogP contribution in [0.5, 0.6) is 0 Å². The highest BCUT2D eigenvalue weighted by Gasteiger charge is 2.15. The zero-order valence-corrected chi connectivity index (χ0v) is 9.44. The first-order valence-electron chi connectivity index (χ1n) is 5.42. The molecule has 4 heteroatoms. The van der Waals surface area contributed by atoms with Crippen LogP contribution >= 0.6 is 0 Å². The number of nitrogens with two attached hydrogens (primary N) is 1. The van der Waals surface area contributed by atoms with Gasteiger partial charge in [0.1, 0.15) is 0 Å². The first kappa shape index (κ1) is 12.7. The van der Waals surface area contributed by atoms with Crippen molar-refractivity contribution in [3.8, 4) is 0 Å².